The number of ether oxygens (including phenoxy) is 2. The lowest BCUT2D eigenvalue weighted by atomic mass is 10.3. The van der Waals surface area contributed by atoms with Gasteiger partial charge in [0.1, 0.15) is 11.5 Å². The molecule has 7 heteroatoms. The van der Waals surface area contributed by atoms with Crippen molar-refractivity contribution in [3.63, 3.8) is 0 Å². The first-order valence-electron chi connectivity index (χ1n) is 6.04. The average molecular weight is 301 g/mol. The first kappa shape index (κ1) is 16.5. The summed E-state index contributed by atoms with van der Waals surface area (Å²) in [5, 5.41) is 2.56. The zero-order valence-electron chi connectivity index (χ0n) is 11.8. The number of hydrogen-bond donors (Lipinski definition) is 1. The van der Waals surface area contributed by atoms with Crippen LogP contribution in [0.2, 0.25) is 0 Å². The molecule has 0 saturated carbocycles. The van der Waals surface area contributed by atoms with Gasteiger partial charge in [-0.25, -0.2) is 8.42 Å². The molecule has 1 unspecified atom stereocenters. The smallest absolute Gasteiger partial charge is 0.235 e. The highest BCUT2D eigenvalue weighted by Crippen LogP contribution is 2.16. The van der Waals surface area contributed by atoms with Gasteiger partial charge in [0.2, 0.25) is 5.91 Å². The van der Waals surface area contributed by atoms with Crippen molar-refractivity contribution in [3.05, 3.63) is 24.3 Å². The number of sulfone groups is 1. The standard InChI is InChI=1S/C13H19NO5S/c1-10(8-18-2)14-13(15)9-20(16,17)12-6-4-11(19-3)5-7-12/h4-7,10H,8-9H2,1-3H3,(H,14,15). The first-order chi connectivity index (χ1) is 9.39. The molecule has 112 valence electrons. The summed E-state index contributed by atoms with van der Waals surface area (Å²) in [6.07, 6.45) is 0. The number of carbonyl (C=O) groups is 1. The number of carbonyl (C=O) groups excluding carboxylic acids is 1. The van der Waals surface area contributed by atoms with Crippen LogP contribution in [-0.2, 0) is 19.4 Å². The Morgan fingerprint density at radius 2 is 1.85 bits per heavy atom. The molecule has 1 amide bonds. The van der Waals surface area contributed by atoms with Gasteiger partial charge in [0.25, 0.3) is 0 Å². The van der Waals surface area contributed by atoms with E-state index in [9.17, 15) is 13.2 Å². The van der Waals surface area contributed by atoms with Gasteiger partial charge in [-0.2, -0.15) is 0 Å². The number of hydrogen-bond acceptors (Lipinski definition) is 5. The fraction of sp³-hybridized carbons (Fsp3) is 0.462. The van der Waals surface area contributed by atoms with E-state index in [1.807, 2.05) is 0 Å². The van der Waals surface area contributed by atoms with Gasteiger partial charge >= 0.3 is 0 Å². The van der Waals surface area contributed by atoms with Crippen LogP contribution in [-0.4, -0.2) is 46.9 Å². The minimum atomic E-state index is -3.65. The summed E-state index contributed by atoms with van der Waals surface area (Å²) in [5.74, 6) is -0.583. The summed E-state index contributed by atoms with van der Waals surface area (Å²) >= 11 is 0. The second-order valence-electron chi connectivity index (χ2n) is 4.36. The Kier molecular flexibility index (Phi) is 5.97. The highest BCUT2D eigenvalue weighted by atomic mass is 32.2. The molecule has 0 aliphatic heterocycles. The van der Waals surface area contributed by atoms with E-state index in [2.05, 4.69) is 5.32 Å². The van der Waals surface area contributed by atoms with Crippen LogP contribution in [0, 0.1) is 0 Å². The first-order valence-corrected chi connectivity index (χ1v) is 7.69. The van der Waals surface area contributed by atoms with Crippen LogP contribution < -0.4 is 10.1 Å². The lowest BCUT2D eigenvalue weighted by Gasteiger charge is -2.12. The zero-order chi connectivity index (χ0) is 15.2. The third kappa shape index (κ3) is 4.82. The molecule has 0 spiro atoms. The Morgan fingerprint density at radius 3 is 2.35 bits per heavy atom. The number of amides is 1. The zero-order valence-corrected chi connectivity index (χ0v) is 12.6. The lowest BCUT2D eigenvalue weighted by molar-refractivity contribution is -0.119. The van der Waals surface area contributed by atoms with Crippen LogP contribution in [0.15, 0.2) is 29.2 Å². The maximum atomic E-state index is 12.0. The van der Waals surface area contributed by atoms with Crippen LogP contribution in [0.3, 0.4) is 0 Å². The molecular formula is C13H19NO5S. The number of methoxy groups -OCH3 is 2. The second kappa shape index (κ2) is 7.25. The molecule has 0 aliphatic rings. The van der Waals surface area contributed by atoms with Crippen LogP contribution >= 0.6 is 0 Å². The number of nitrogens with one attached hydrogen (secondary N) is 1. The molecule has 0 aliphatic carbocycles. The van der Waals surface area contributed by atoms with Gasteiger partial charge in [-0.3, -0.25) is 4.79 Å². The predicted octanol–water partition coefficient (Wildman–Crippen LogP) is 0.620. The van der Waals surface area contributed by atoms with E-state index in [1.165, 1.54) is 26.4 Å². The molecule has 1 atom stereocenters. The molecule has 20 heavy (non-hydrogen) atoms. The van der Waals surface area contributed by atoms with Gasteiger partial charge in [0.05, 0.1) is 18.6 Å². The molecule has 1 N–H and O–H groups in total. The van der Waals surface area contributed by atoms with E-state index in [0.717, 1.165) is 0 Å². The molecule has 0 bridgehead atoms. The van der Waals surface area contributed by atoms with Crippen LogP contribution in [0.4, 0.5) is 0 Å². The maximum Gasteiger partial charge on any atom is 0.235 e. The normalized spacial score (nSPS) is 12.8. The minimum absolute atomic E-state index is 0.0906. The van der Waals surface area contributed by atoms with E-state index >= 15 is 0 Å². The van der Waals surface area contributed by atoms with Gasteiger partial charge in [0.15, 0.2) is 9.84 Å². The fourth-order valence-corrected chi connectivity index (χ4v) is 2.79. The number of benzene rings is 1. The third-order valence-corrected chi connectivity index (χ3v) is 4.20. The van der Waals surface area contributed by atoms with E-state index in [-0.39, 0.29) is 10.9 Å². The summed E-state index contributed by atoms with van der Waals surface area (Å²) in [4.78, 5) is 11.8. The van der Waals surface area contributed by atoms with Crippen molar-refractivity contribution in [1.29, 1.82) is 0 Å². The van der Waals surface area contributed by atoms with E-state index in [0.29, 0.717) is 12.4 Å². The van der Waals surface area contributed by atoms with Crippen LogP contribution in [0.1, 0.15) is 6.92 Å². The quantitative estimate of drug-likeness (QED) is 0.798. The average Bonchev–Trinajstić information content (AvgIpc) is 2.38. The second-order valence-corrected chi connectivity index (χ2v) is 6.35. The SMILES string of the molecule is COCC(C)NC(=O)CS(=O)(=O)c1ccc(OC)cc1. The monoisotopic (exact) mass is 301 g/mol. The van der Waals surface area contributed by atoms with E-state index in [1.54, 1.807) is 19.1 Å². The van der Waals surface area contributed by atoms with E-state index < -0.39 is 21.5 Å². The van der Waals surface area contributed by atoms with E-state index in [4.69, 9.17) is 9.47 Å². The molecular weight excluding hydrogens is 282 g/mol. The summed E-state index contributed by atoms with van der Waals surface area (Å²) in [7, 11) is -0.649. The van der Waals surface area contributed by atoms with Crippen molar-refractivity contribution in [2.45, 2.75) is 17.9 Å². The largest absolute Gasteiger partial charge is 0.497 e. The molecule has 1 aromatic carbocycles. The van der Waals surface area contributed by atoms with Gasteiger partial charge in [0, 0.05) is 13.2 Å². The van der Waals surface area contributed by atoms with Crippen molar-refractivity contribution in [2.24, 2.45) is 0 Å². The Balaban J connectivity index is 2.71. The Labute approximate surface area is 119 Å². The molecule has 1 rings (SSSR count). The fourth-order valence-electron chi connectivity index (χ4n) is 1.65. The minimum Gasteiger partial charge on any atom is -0.497 e. The number of rotatable bonds is 7. The molecule has 0 fully saturated rings. The van der Waals surface area contributed by atoms with Gasteiger partial charge in [-0.05, 0) is 31.2 Å². The lowest BCUT2D eigenvalue weighted by Crippen LogP contribution is -2.39. The van der Waals surface area contributed by atoms with Crippen molar-refractivity contribution in [2.75, 3.05) is 26.6 Å². The summed E-state index contributed by atoms with van der Waals surface area (Å²) in [6, 6.07) is 5.68. The molecule has 1 aromatic rings. The van der Waals surface area contributed by atoms with Crippen molar-refractivity contribution in [3.8, 4) is 5.75 Å². The van der Waals surface area contributed by atoms with Gasteiger partial charge in [-0.15, -0.1) is 0 Å². The molecule has 6 nitrogen and oxygen atoms in total. The molecule has 0 heterocycles. The highest BCUT2D eigenvalue weighted by Gasteiger charge is 2.20. The summed E-state index contributed by atoms with van der Waals surface area (Å²) < 4.78 is 33.9. The van der Waals surface area contributed by atoms with Crippen LogP contribution in [0.25, 0.3) is 0 Å². The van der Waals surface area contributed by atoms with Gasteiger partial charge in [-0.1, -0.05) is 0 Å². The summed E-state index contributed by atoms with van der Waals surface area (Å²) in [6.45, 7) is 2.07. The molecule has 0 aromatic heterocycles. The predicted molar refractivity (Wildman–Crippen MR) is 74.5 cm³/mol. The third-order valence-electron chi connectivity index (χ3n) is 2.56. The van der Waals surface area contributed by atoms with Crippen molar-refractivity contribution in [1.82, 2.24) is 5.32 Å². The van der Waals surface area contributed by atoms with Crippen molar-refractivity contribution < 1.29 is 22.7 Å². The maximum absolute atomic E-state index is 12.0. The Morgan fingerprint density at radius 1 is 1.25 bits per heavy atom. The topological polar surface area (TPSA) is 81.7 Å². The Hall–Kier alpha value is -1.60. The van der Waals surface area contributed by atoms with Crippen LogP contribution in [0.5, 0.6) is 5.75 Å². The molecule has 0 radical (unpaired) electrons. The Bertz CT molecular complexity index is 538. The molecule has 0 saturated heterocycles. The summed E-state index contributed by atoms with van der Waals surface area (Å²) in [5.41, 5.74) is 0. The van der Waals surface area contributed by atoms with Gasteiger partial charge < -0.3 is 14.8 Å². The highest BCUT2D eigenvalue weighted by molar-refractivity contribution is 7.92. The van der Waals surface area contributed by atoms with Crippen molar-refractivity contribution >= 4 is 15.7 Å².